The summed E-state index contributed by atoms with van der Waals surface area (Å²) in [6.07, 6.45) is 0.142. The molecule has 108 valence electrons. The molecule has 1 aromatic rings. The lowest BCUT2D eigenvalue weighted by atomic mass is 9.79. The molecule has 2 heterocycles. The van der Waals surface area contributed by atoms with E-state index in [4.69, 9.17) is 15.3 Å². The van der Waals surface area contributed by atoms with Crippen molar-refractivity contribution in [1.82, 2.24) is 5.06 Å². The Morgan fingerprint density at radius 2 is 2.25 bits per heavy atom. The first-order chi connectivity index (χ1) is 9.41. The summed E-state index contributed by atoms with van der Waals surface area (Å²) in [5.74, 6) is 0.477. The Morgan fingerprint density at radius 3 is 2.95 bits per heavy atom. The Kier molecular flexibility index (Phi) is 2.88. The van der Waals surface area contributed by atoms with Crippen LogP contribution >= 0.6 is 0 Å². The lowest BCUT2D eigenvalue weighted by Crippen LogP contribution is -2.52. The van der Waals surface area contributed by atoms with E-state index in [0.717, 1.165) is 24.2 Å². The zero-order chi connectivity index (χ0) is 14.5. The van der Waals surface area contributed by atoms with Crippen LogP contribution in [-0.4, -0.2) is 38.0 Å². The second-order valence-corrected chi connectivity index (χ2v) is 5.69. The van der Waals surface area contributed by atoms with Gasteiger partial charge in [0.15, 0.2) is 6.23 Å². The summed E-state index contributed by atoms with van der Waals surface area (Å²) in [6.45, 7) is 3.04. The minimum Gasteiger partial charge on any atom is -0.410 e. The van der Waals surface area contributed by atoms with Crippen LogP contribution in [0, 0.1) is 0 Å². The highest BCUT2D eigenvalue weighted by Crippen LogP contribution is 2.50. The van der Waals surface area contributed by atoms with E-state index in [9.17, 15) is 4.79 Å². The van der Waals surface area contributed by atoms with Crippen LogP contribution in [0.4, 0.5) is 10.5 Å². The van der Waals surface area contributed by atoms with Gasteiger partial charge in [-0.3, -0.25) is 4.84 Å². The third-order valence-electron chi connectivity index (χ3n) is 4.30. The highest BCUT2D eigenvalue weighted by Gasteiger charge is 2.50. The number of amides is 1. The number of anilines is 1. The van der Waals surface area contributed by atoms with E-state index in [1.165, 1.54) is 0 Å². The summed E-state index contributed by atoms with van der Waals surface area (Å²) < 4.78 is 4.99. The molecule has 1 fully saturated rings. The van der Waals surface area contributed by atoms with Crippen LogP contribution in [0.3, 0.4) is 0 Å². The number of rotatable bonds is 1. The van der Waals surface area contributed by atoms with Crippen molar-refractivity contribution in [3.05, 3.63) is 23.8 Å². The smallest absolute Gasteiger partial charge is 0.409 e. The second kappa shape index (κ2) is 4.36. The van der Waals surface area contributed by atoms with E-state index in [2.05, 4.69) is 11.8 Å². The molecule has 1 saturated heterocycles. The molecule has 2 aliphatic heterocycles. The van der Waals surface area contributed by atoms with Gasteiger partial charge in [0.1, 0.15) is 5.75 Å². The van der Waals surface area contributed by atoms with Crippen LogP contribution < -0.4 is 15.4 Å². The molecule has 1 aromatic carbocycles. The molecule has 1 amide bonds. The summed E-state index contributed by atoms with van der Waals surface area (Å²) in [4.78, 5) is 19.0. The van der Waals surface area contributed by atoms with Gasteiger partial charge in [0.05, 0.1) is 0 Å². The Balaban J connectivity index is 2.02. The zero-order valence-corrected chi connectivity index (χ0v) is 11.9. The number of nitrogens with zero attached hydrogens (tertiary/aromatic N) is 2. The molecule has 2 unspecified atom stereocenters. The molecule has 0 aliphatic carbocycles. The van der Waals surface area contributed by atoms with Crippen molar-refractivity contribution in [1.29, 1.82) is 0 Å². The largest absolute Gasteiger partial charge is 0.410 e. The number of hydroxylamine groups is 2. The fraction of sp³-hybridized carbons (Fsp3) is 0.500. The van der Waals surface area contributed by atoms with E-state index in [1.54, 1.807) is 6.07 Å². The molecule has 0 spiro atoms. The Labute approximate surface area is 118 Å². The van der Waals surface area contributed by atoms with E-state index in [0.29, 0.717) is 5.75 Å². The summed E-state index contributed by atoms with van der Waals surface area (Å²) in [7, 11) is 3.96. The molecular formula is C14H19N3O3. The predicted molar refractivity (Wildman–Crippen MR) is 74.5 cm³/mol. The number of nitrogens with two attached hydrogens (primary N) is 1. The number of likely N-dealkylation sites (N-methyl/N-ethyl adjacent to an activating group) is 1. The van der Waals surface area contributed by atoms with Crippen molar-refractivity contribution < 1.29 is 14.4 Å². The highest BCUT2D eigenvalue weighted by molar-refractivity contribution is 5.70. The second-order valence-electron chi connectivity index (χ2n) is 5.69. The molecule has 6 nitrogen and oxygen atoms in total. The molecule has 0 saturated carbocycles. The molecule has 0 bridgehead atoms. The number of ether oxygens (including phenoxy) is 1. The number of hydrogen-bond donors (Lipinski definition) is 1. The molecule has 6 heteroatoms. The molecule has 2 atom stereocenters. The number of carbonyl (C=O) groups is 1. The molecule has 3 rings (SSSR count). The fourth-order valence-electron chi connectivity index (χ4n) is 3.20. The minimum atomic E-state index is -0.794. The van der Waals surface area contributed by atoms with Gasteiger partial charge in [-0.2, -0.15) is 5.06 Å². The Hall–Kier alpha value is -1.79. The average Bonchev–Trinajstić information content (AvgIpc) is 2.60. The van der Waals surface area contributed by atoms with Crippen LogP contribution in [0.25, 0.3) is 0 Å². The maximum Gasteiger partial charge on any atom is 0.409 e. The number of primary amides is 1. The van der Waals surface area contributed by atoms with Gasteiger partial charge in [-0.15, -0.1) is 0 Å². The molecule has 2 N–H and O–H groups in total. The van der Waals surface area contributed by atoms with Gasteiger partial charge in [0, 0.05) is 31.7 Å². The molecule has 20 heavy (non-hydrogen) atoms. The Morgan fingerprint density at radius 1 is 1.50 bits per heavy atom. The van der Waals surface area contributed by atoms with E-state index < -0.39 is 6.09 Å². The lowest BCUT2D eigenvalue weighted by Gasteiger charge is -2.42. The van der Waals surface area contributed by atoms with Gasteiger partial charge in [0.2, 0.25) is 0 Å². The van der Waals surface area contributed by atoms with Crippen molar-refractivity contribution in [2.75, 3.05) is 25.5 Å². The maximum absolute atomic E-state index is 10.9. The standard InChI is InChI=1S/C14H19N3O3/c1-14-6-7-16(2)20-12(14)17(3)11-5-4-9(8-10(11)14)19-13(15)18/h4-5,8,12H,6-7H2,1-3H3,(H2,15,18). The van der Waals surface area contributed by atoms with Crippen LogP contribution in [0.5, 0.6) is 5.75 Å². The van der Waals surface area contributed by atoms with Gasteiger partial charge in [-0.05, 0) is 30.2 Å². The van der Waals surface area contributed by atoms with Crippen molar-refractivity contribution in [3.63, 3.8) is 0 Å². The van der Waals surface area contributed by atoms with Crippen molar-refractivity contribution in [2.45, 2.75) is 25.0 Å². The molecule has 2 aliphatic rings. The lowest BCUT2D eigenvalue weighted by molar-refractivity contribution is -0.226. The fourth-order valence-corrected chi connectivity index (χ4v) is 3.20. The first-order valence-corrected chi connectivity index (χ1v) is 6.64. The number of carbonyl (C=O) groups excluding carboxylic acids is 1. The summed E-state index contributed by atoms with van der Waals surface area (Å²) in [6, 6.07) is 5.59. The van der Waals surface area contributed by atoms with Crippen LogP contribution in [0.15, 0.2) is 18.2 Å². The summed E-state index contributed by atoms with van der Waals surface area (Å²) in [5, 5.41) is 1.87. The number of benzene rings is 1. The normalized spacial score (nSPS) is 28.9. The number of fused-ring (bicyclic) bond motifs is 3. The molecular weight excluding hydrogens is 258 g/mol. The predicted octanol–water partition coefficient (Wildman–Crippen LogP) is 1.44. The van der Waals surface area contributed by atoms with Gasteiger partial charge >= 0.3 is 6.09 Å². The first kappa shape index (κ1) is 13.2. The number of hydrogen-bond acceptors (Lipinski definition) is 5. The highest BCUT2D eigenvalue weighted by atomic mass is 16.7. The van der Waals surface area contributed by atoms with Crippen molar-refractivity contribution in [2.24, 2.45) is 5.73 Å². The van der Waals surface area contributed by atoms with Crippen LogP contribution in [-0.2, 0) is 10.3 Å². The van der Waals surface area contributed by atoms with Crippen molar-refractivity contribution >= 4 is 11.8 Å². The zero-order valence-electron chi connectivity index (χ0n) is 11.9. The van der Waals surface area contributed by atoms with E-state index in [1.807, 2.05) is 31.3 Å². The van der Waals surface area contributed by atoms with Crippen LogP contribution in [0.2, 0.25) is 0 Å². The van der Waals surface area contributed by atoms with Gasteiger partial charge < -0.3 is 15.4 Å². The van der Waals surface area contributed by atoms with E-state index in [-0.39, 0.29) is 11.6 Å². The van der Waals surface area contributed by atoms with E-state index >= 15 is 0 Å². The quantitative estimate of drug-likeness (QED) is 0.841. The third kappa shape index (κ3) is 1.83. The molecule has 0 aromatic heterocycles. The summed E-state index contributed by atoms with van der Waals surface area (Å²) >= 11 is 0. The van der Waals surface area contributed by atoms with Gasteiger partial charge in [-0.1, -0.05) is 6.92 Å². The Bertz CT molecular complexity index is 563. The molecule has 0 radical (unpaired) electrons. The van der Waals surface area contributed by atoms with Crippen LogP contribution in [0.1, 0.15) is 18.9 Å². The topological polar surface area (TPSA) is 68.0 Å². The van der Waals surface area contributed by atoms with Gasteiger partial charge in [-0.25, -0.2) is 4.79 Å². The average molecular weight is 277 g/mol. The van der Waals surface area contributed by atoms with Gasteiger partial charge in [0.25, 0.3) is 0 Å². The monoisotopic (exact) mass is 277 g/mol. The first-order valence-electron chi connectivity index (χ1n) is 6.64. The minimum absolute atomic E-state index is 0.0416. The third-order valence-corrected chi connectivity index (χ3v) is 4.30. The van der Waals surface area contributed by atoms with Crippen molar-refractivity contribution in [3.8, 4) is 5.75 Å². The summed E-state index contributed by atoms with van der Waals surface area (Å²) in [5.41, 5.74) is 7.20. The SMILES string of the molecule is CN1CCC2(C)c3cc(OC(N)=O)ccc3N(C)C2O1. The maximum atomic E-state index is 10.9.